The summed E-state index contributed by atoms with van der Waals surface area (Å²) in [7, 11) is -3.41. The van der Waals surface area contributed by atoms with Crippen LogP contribution >= 0.6 is 15.9 Å². The van der Waals surface area contributed by atoms with Gasteiger partial charge < -0.3 is 5.32 Å². The number of piperidine rings is 1. The van der Waals surface area contributed by atoms with E-state index in [1.54, 1.807) is 0 Å². The summed E-state index contributed by atoms with van der Waals surface area (Å²) >= 11 is 3.15. The van der Waals surface area contributed by atoms with Gasteiger partial charge in [-0.2, -0.15) is 0 Å². The molecule has 106 valence electrons. The van der Waals surface area contributed by atoms with Crippen LogP contribution in [0.1, 0.15) is 12.8 Å². The average Bonchev–Trinajstić information content (AvgIpc) is 2.33. The van der Waals surface area contributed by atoms with Crippen LogP contribution in [0.4, 0.5) is 10.1 Å². The number of halogens is 2. The number of hydrogen-bond acceptors (Lipinski definition) is 3. The molecule has 2 N–H and O–H groups in total. The van der Waals surface area contributed by atoms with Crippen LogP contribution in [-0.4, -0.2) is 27.3 Å². The number of sulfonamides is 1. The molecule has 1 aliphatic rings. The standard InChI is InChI=1S/C12H16BrFN2O2S/c13-11-6-10(14)3-4-12(11)16-19(17,18)8-9-2-1-5-15-7-9/h3-4,6,9,15-16H,1-2,5,7-8H2. The largest absolute Gasteiger partial charge is 0.316 e. The first kappa shape index (κ1) is 14.7. The summed E-state index contributed by atoms with van der Waals surface area (Å²) in [6, 6.07) is 3.88. The molecule has 0 radical (unpaired) electrons. The van der Waals surface area contributed by atoms with E-state index in [4.69, 9.17) is 0 Å². The van der Waals surface area contributed by atoms with Gasteiger partial charge in [-0.3, -0.25) is 4.72 Å². The van der Waals surface area contributed by atoms with Gasteiger partial charge in [0.25, 0.3) is 0 Å². The predicted molar refractivity (Wildman–Crippen MR) is 77.1 cm³/mol. The molecular formula is C12H16BrFN2O2S. The van der Waals surface area contributed by atoms with Crippen molar-refractivity contribution < 1.29 is 12.8 Å². The van der Waals surface area contributed by atoms with E-state index < -0.39 is 15.8 Å². The normalized spacial score (nSPS) is 20.2. The molecule has 1 heterocycles. The van der Waals surface area contributed by atoms with Crippen molar-refractivity contribution in [1.82, 2.24) is 5.32 Å². The summed E-state index contributed by atoms with van der Waals surface area (Å²) in [5, 5.41) is 3.19. The average molecular weight is 351 g/mol. The van der Waals surface area contributed by atoms with Crippen molar-refractivity contribution in [3.63, 3.8) is 0 Å². The second-order valence-electron chi connectivity index (χ2n) is 4.72. The summed E-state index contributed by atoms with van der Waals surface area (Å²) in [4.78, 5) is 0. The van der Waals surface area contributed by atoms with Crippen LogP contribution in [-0.2, 0) is 10.0 Å². The molecule has 1 aliphatic heterocycles. The molecular weight excluding hydrogens is 335 g/mol. The molecule has 0 spiro atoms. The fourth-order valence-corrected chi connectivity index (χ4v) is 4.24. The quantitative estimate of drug-likeness (QED) is 0.876. The Kier molecular flexibility index (Phi) is 4.81. The number of rotatable bonds is 4. The lowest BCUT2D eigenvalue weighted by Gasteiger charge is -2.22. The van der Waals surface area contributed by atoms with E-state index in [-0.39, 0.29) is 11.7 Å². The maximum absolute atomic E-state index is 12.9. The molecule has 1 aromatic rings. The first-order valence-corrected chi connectivity index (χ1v) is 8.57. The fourth-order valence-electron chi connectivity index (χ4n) is 2.16. The van der Waals surface area contributed by atoms with Crippen molar-refractivity contribution in [1.29, 1.82) is 0 Å². The summed E-state index contributed by atoms with van der Waals surface area (Å²) in [5.74, 6) is -0.194. The first-order valence-electron chi connectivity index (χ1n) is 6.12. The summed E-state index contributed by atoms with van der Waals surface area (Å²) in [6.45, 7) is 1.68. The summed E-state index contributed by atoms with van der Waals surface area (Å²) in [5.41, 5.74) is 0.366. The molecule has 0 saturated carbocycles. The second kappa shape index (κ2) is 6.19. The maximum Gasteiger partial charge on any atom is 0.233 e. The van der Waals surface area contributed by atoms with Gasteiger partial charge in [-0.05, 0) is 66.0 Å². The van der Waals surface area contributed by atoms with Gasteiger partial charge in [-0.25, -0.2) is 12.8 Å². The summed E-state index contributed by atoms with van der Waals surface area (Å²) in [6.07, 6.45) is 1.92. The van der Waals surface area contributed by atoms with Crippen LogP contribution in [0, 0.1) is 11.7 Å². The van der Waals surface area contributed by atoms with E-state index in [0.29, 0.717) is 10.2 Å². The number of benzene rings is 1. The monoisotopic (exact) mass is 350 g/mol. The molecule has 4 nitrogen and oxygen atoms in total. The van der Waals surface area contributed by atoms with Crippen molar-refractivity contribution in [2.24, 2.45) is 5.92 Å². The van der Waals surface area contributed by atoms with Crippen LogP contribution in [0.3, 0.4) is 0 Å². The van der Waals surface area contributed by atoms with Crippen molar-refractivity contribution in [3.05, 3.63) is 28.5 Å². The van der Waals surface area contributed by atoms with Gasteiger partial charge in [0.05, 0.1) is 11.4 Å². The Hall–Kier alpha value is -0.660. The van der Waals surface area contributed by atoms with Crippen molar-refractivity contribution in [3.8, 4) is 0 Å². The Bertz CT molecular complexity index is 545. The van der Waals surface area contributed by atoms with Gasteiger partial charge in [0.1, 0.15) is 5.82 Å². The molecule has 2 rings (SSSR count). The van der Waals surface area contributed by atoms with Gasteiger partial charge in [-0.1, -0.05) is 0 Å². The highest BCUT2D eigenvalue weighted by molar-refractivity contribution is 9.10. The molecule has 1 unspecified atom stereocenters. The molecule has 1 aromatic carbocycles. The third-order valence-corrected chi connectivity index (χ3v) is 5.15. The minimum Gasteiger partial charge on any atom is -0.316 e. The Balaban J connectivity index is 2.03. The van der Waals surface area contributed by atoms with Crippen LogP contribution < -0.4 is 10.0 Å². The Morgan fingerprint density at radius 3 is 2.89 bits per heavy atom. The van der Waals surface area contributed by atoms with Crippen molar-refractivity contribution in [2.45, 2.75) is 12.8 Å². The molecule has 0 amide bonds. The second-order valence-corrected chi connectivity index (χ2v) is 7.34. The Morgan fingerprint density at radius 1 is 1.47 bits per heavy atom. The number of hydrogen-bond donors (Lipinski definition) is 2. The van der Waals surface area contributed by atoms with Crippen LogP contribution in [0.15, 0.2) is 22.7 Å². The molecule has 0 aromatic heterocycles. The molecule has 0 aliphatic carbocycles. The smallest absolute Gasteiger partial charge is 0.233 e. The highest BCUT2D eigenvalue weighted by atomic mass is 79.9. The highest BCUT2D eigenvalue weighted by Crippen LogP contribution is 2.25. The van der Waals surface area contributed by atoms with Crippen LogP contribution in [0.5, 0.6) is 0 Å². The van der Waals surface area contributed by atoms with E-state index >= 15 is 0 Å². The molecule has 0 bridgehead atoms. The minimum absolute atomic E-state index is 0.0871. The molecule has 1 fully saturated rings. The van der Waals surface area contributed by atoms with Gasteiger partial charge in [-0.15, -0.1) is 0 Å². The minimum atomic E-state index is -3.41. The lowest BCUT2D eigenvalue weighted by atomic mass is 10.0. The Labute approximate surface area is 121 Å². The first-order chi connectivity index (χ1) is 8.96. The molecule has 1 saturated heterocycles. The predicted octanol–water partition coefficient (Wildman–Crippen LogP) is 2.33. The van der Waals surface area contributed by atoms with Crippen LogP contribution in [0.25, 0.3) is 0 Å². The maximum atomic E-state index is 12.9. The van der Waals surface area contributed by atoms with Crippen molar-refractivity contribution in [2.75, 3.05) is 23.6 Å². The SMILES string of the molecule is O=S(=O)(CC1CCCNC1)Nc1ccc(F)cc1Br. The van der Waals surface area contributed by atoms with Crippen LogP contribution in [0.2, 0.25) is 0 Å². The van der Waals surface area contributed by atoms with Gasteiger partial charge in [0, 0.05) is 4.47 Å². The summed E-state index contributed by atoms with van der Waals surface area (Å²) < 4.78 is 39.9. The van der Waals surface area contributed by atoms with E-state index in [1.165, 1.54) is 18.2 Å². The van der Waals surface area contributed by atoms with Crippen molar-refractivity contribution >= 4 is 31.6 Å². The Morgan fingerprint density at radius 2 is 2.26 bits per heavy atom. The van der Waals surface area contributed by atoms with E-state index in [2.05, 4.69) is 26.0 Å². The third-order valence-electron chi connectivity index (χ3n) is 3.05. The molecule has 1 atom stereocenters. The zero-order valence-electron chi connectivity index (χ0n) is 10.3. The molecule has 7 heteroatoms. The van der Waals surface area contributed by atoms with E-state index in [0.717, 1.165) is 25.9 Å². The van der Waals surface area contributed by atoms with Gasteiger partial charge in [0.2, 0.25) is 10.0 Å². The highest BCUT2D eigenvalue weighted by Gasteiger charge is 2.21. The topological polar surface area (TPSA) is 58.2 Å². The number of nitrogens with one attached hydrogen (secondary N) is 2. The zero-order chi connectivity index (χ0) is 13.9. The van der Waals surface area contributed by atoms with E-state index in [1.807, 2.05) is 0 Å². The number of anilines is 1. The molecule has 19 heavy (non-hydrogen) atoms. The van der Waals surface area contributed by atoms with Gasteiger partial charge in [0.15, 0.2) is 0 Å². The fraction of sp³-hybridized carbons (Fsp3) is 0.500. The van der Waals surface area contributed by atoms with E-state index in [9.17, 15) is 12.8 Å². The zero-order valence-corrected chi connectivity index (χ0v) is 12.7. The lowest BCUT2D eigenvalue weighted by Crippen LogP contribution is -2.35. The third kappa shape index (κ3) is 4.43. The lowest BCUT2D eigenvalue weighted by molar-refractivity contribution is 0.404. The van der Waals surface area contributed by atoms with Gasteiger partial charge >= 0.3 is 0 Å².